The highest BCUT2D eigenvalue weighted by Crippen LogP contribution is 2.18. The van der Waals surface area contributed by atoms with E-state index < -0.39 is 33.2 Å². The molecule has 0 radical (unpaired) electrons. The normalized spacial score (nSPS) is 12.1. The van der Waals surface area contributed by atoms with Crippen LogP contribution in [0.15, 0.2) is 18.2 Å². The minimum Gasteiger partial charge on any atom is -0.481 e. The van der Waals surface area contributed by atoms with Crippen molar-refractivity contribution in [1.29, 1.82) is 0 Å². The minimum atomic E-state index is -1.43. The monoisotopic (exact) mass is 275 g/mol. The third-order valence-electron chi connectivity index (χ3n) is 2.08. The van der Waals surface area contributed by atoms with Crippen molar-refractivity contribution in [3.05, 3.63) is 39.7 Å². The topological polar surface area (TPSA) is 97.5 Å². The summed E-state index contributed by atoms with van der Waals surface area (Å²) in [4.78, 5) is 19.8. The highest BCUT2D eigenvalue weighted by molar-refractivity contribution is 7.84. The maximum absolute atomic E-state index is 13.2. The minimum absolute atomic E-state index is 0.0256. The Morgan fingerprint density at radius 2 is 2.17 bits per heavy atom. The maximum Gasteiger partial charge on any atom is 0.304 e. The van der Waals surface area contributed by atoms with E-state index in [1.807, 2.05) is 0 Å². The third-order valence-corrected chi connectivity index (χ3v) is 3.39. The first kappa shape index (κ1) is 14.2. The average Bonchev–Trinajstić information content (AvgIpc) is 2.26. The van der Waals surface area contributed by atoms with Gasteiger partial charge in [-0.3, -0.25) is 19.1 Å². The van der Waals surface area contributed by atoms with Gasteiger partial charge in [0.1, 0.15) is 0 Å². The van der Waals surface area contributed by atoms with Gasteiger partial charge in [0.15, 0.2) is 0 Å². The van der Waals surface area contributed by atoms with E-state index in [9.17, 15) is 23.5 Å². The summed E-state index contributed by atoms with van der Waals surface area (Å²) in [5.74, 6) is -2.11. The highest BCUT2D eigenvalue weighted by Gasteiger charge is 2.14. The Labute approximate surface area is 104 Å². The van der Waals surface area contributed by atoms with E-state index in [2.05, 4.69) is 0 Å². The molecule has 98 valence electrons. The van der Waals surface area contributed by atoms with Gasteiger partial charge >= 0.3 is 11.7 Å². The molecule has 8 heteroatoms. The van der Waals surface area contributed by atoms with Crippen molar-refractivity contribution < 1.29 is 23.4 Å². The Morgan fingerprint density at radius 3 is 2.67 bits per heavy atom. The van der Waals surface area contributed by atoms with Crippen LogP contribution in [-0.2, 0) is 21.3 Å². The van der Waals surface area contributed by atoms with E-state index in [0.717, 1.165) is 12.1 Å². The van der Waals surface area contributed by atoms with Gasteiger partial charge in [-0.2, -0.15) is 4.39 Å². The number of halogens is 1. The van der Waals surface area contributed by atoms with Crippen LogP contribution in [0, 0.1) is 15.9 Å². The second-order valence-corrected chi connectivity index (χ2v) is 5.05. The second kappa shape index (κ2) is 6.20. The van der Waals surface area contributed by atoms with E-state index in [0.29, 0.717) is 5.56 Å². The first-order valence-electron chi connectivity index (χ1n) is 4.89. The molecular weight excluding hydrogens is 265 g/mol. The van der Waals surface area contributed by atoms with E-state index in [1.165, 1.54) is 6.07 Å². The average molecular weight is 275 g/mol. The van der Waals surface area contributed by atoms with Crippen molar-refractivity contribution in [3.8, 4) is 0 Å². The fraction of sp³-hybridized carbons (Fsp3) is 0.300. The van der Waals surface area contributed by atoms with Crippen LogP contribution in [0.2, 0.25) is 0 Å². The number of nitro benzene ring substituents is 1. The smallest absolute Gasteiger partial charge is 0.304 e. The predicted molar refractivity (Wildman–Crippen MR) is 62.0 cm³/mol. The van der Waals surface area contributed by atoms with Crippen molar-refractivity contribution in [3.63, 3.8) is 0 Å². The van der Waals surface area contributed by atoms with Gasteiger partial charge in [0.05, 0.1) is 11.3 Å². The van der Waals surface area contributed by atoms with E-state index in [-0.39, 0.29) is 17.9 Å². The quantitative estimate of drug-likeness (QED) is 0.626. The summed E-state index contributed by atoms with van der Waals surface area (Å²) in [6.45, 7) is 0. The Balaban J connectivity index is 2.69. The van der Waals surface area contributed by atoms with Crippen LogP contribution in [-0.4, -0.2) is 26.0 Å². The van der Waals surface area contributed by atoms with Gasteiger partial charge in [0, 0.05) is 28.4 Å². The summed E-state index contributed by atoms with van der Waals surface area (Å²) < 4.78 is 24.7. The zero-order chi connectivity index (χ0) is 13.7. The molecule has 0 aliphatic rings. The Kier molecular flexibility index (Phi) is 4.90. The molecule has 1 aromatic carbocycles. The van der Waals surface area contributed by atoms with Crippen molar-refractivity contribution in [2.45, 2.75) is 12.2 Å². The van der Waals surface area contributed by atoms with Crippen LogP contribution in [0.4, 0.5) is 10.1 Å². The van der Waals surface area contributed by atoms with E-state index >= 15 is 0 Å². The number of nitro groups is 1. The van der Waals surface area contributed by atoms with Crippen LogP contribution in [0.25, 0.3) is 0 Å². The molecule has 0 saturated heterocycles. The second-order valence-electron chi connectivity index (χ2n) is 3.47. The molecule has 0 aliphatic carbocycles. The number of hydrogen-bond donors (Lipinski definition) is 1. The van der Waals surface area contributed by atoms with Crippen LogP contribution in [0.3, 0.4) is 0 Å². The maximum atomic E-state index is 13.2. The zero-order valence-electron chi connectivity index (χ0n) is 9.17. The molecule has 18 heavy (non-hydrogen) atoms. The fourth-order valence-electron chi connectivity index (χ4n) is 1.25. The Hall–Kier alpha value is -1.83. The first-order valence-corrected chi connectivity index (χ1v) is 6.38. The molecule has 0 fully saturated rings. The molecular formula is C10H10FNO5S. The molecule has 0 heterocycles. The van der Waals surface area contributed by atoms with E-state index in [4.69, 9.17) is 5.11 Å². The third kappa shape index (κ3) is 4.21. The summed E-state index contributed by atoms with van der Waals surface area (Å²) in [7, 11) is -1.43. The lowest BCUT2D eigenvalue weighted by molar-refractivity contribution is -0.387. The number of aliphatic carboxylic acids is 1. The van der Waals surface area contributed by atoms with Gasteiger partial charge in [0.2, 0.25) is 5.82 Å². The molecule has 1 aromatic rings. The Bertz CT molecular complexity index is 505. The predicted octanol–water partition coefficient (Wildman–Crippen LogP) is 1.46. The van der Waals surface area contributed by atoms with Gasteiger partial charge in [0.25, 0.3) is 0 Å². The van der Waals surface area contributed by atoms with Crippen molar-refractivity contribution in [2.75, 3.05) is 5.75 Å². The number of rotatable bonds is 6. The molecule has 0 spiro atoms. The number of carboxylic acids is 1. The molecule has 0 aromatic heterocycles. The molecule has 1 unspecified atom stereocenters. The summed E-state index contributed by atoms with van der Waals surface area (Å²) in [5.41, 5.74) is -0.308. The lowest BCUT2D eigenvalue weighted by atomic mass is 10.2. The molecule has 1 rings (SSSR count). The fourth-order valence-corrected chi connectivity index (χ4v) is 2.35. The summed E-state index contributed by atoms with van der Waals surface area (Å²) in [6.07, 6.45) is -0.234. The molecule has 0 amide bonds. The van der Waals surface area contributed by atoms with Crippen molar-refractivity contribution in [1.82, 2.24) is 0 Å². The van der Waals surface area contributed by atoms with Crippen LogP contribution in [0.5, 0.6) is 0 Å². The molecule has 0 aliphatic heterocycles. The molecule has 6 nitrogen and oxygen atoms in total. The Morgan fingerprint density at radius 1 is 1.50 bits per heavy atom. The summed E-state index contributed by atoms with van der Waals surface area (Å²) in [5, 5.41) is 18.8. The summed E-state index contributed by atoms with van der Waals surface area (Å²) >= 11 is 0. The van der Waals surface area contributed by atoms with Crippen LogP contribution < -0.4 is 0 Å². The van der Waals surface area contributed by atoms with Crippen molar-refractivity contribution in [2.24, 2.45) is 0 Å². The zero-order valence-corrected chi connectivity index (χ0v) is 9.98. The standard InChI is InChI=1S/C10H10FNO5S/c11-8-5-7(1-2-9(8)12(15)16)6-18(17)4-3-10(13)14/h1-2,5H,3-4,6H2,(H,13,14). The van der Waals surface area contributed by atoms with Gasteiger partial charge in [-0.15, -0.1) is 0 Å². The largest absolute Gasteiger partial charge is 0.481 e. The number of nitrogens with zero attached hydrogens (tertiary/aromatic N) is 1. The first-order chi connectivity index (χ1) is 8.40. The molecule has 1 atom stereocenters. The van der Waals surface area contributed by atoms with Crippen LogP contribution >= 0.6 is 0 Å². The van der Waals surface area contributed by atoms with Gasteiger partial charge in [-0.05, 0) is 11.6 Å². The summed E-state index contributed by atoms with van der Waals surface area (Å²) in [6, 6.07) is 3.25. The number of hydrogen-bond acceptors (Lipinski definition) is 4. The van der Waals surface area contributed by atoms with Gasteiger partial charge < -0.3 is 5.11 Å². The number of carbonyl (C=O) groups is 1. The molecule has 0 bridgehead atoms. The number of benzene rings is 1. The lowest BCUT2D eigenvalue weighted by Crippen LogP contribution is -2.06. The molecule has 0 saturated carbocycles. The SMILES string of the molecule is O=C(O)CCS(=O)Cc1ccc([N+](=O)[O-])c(F)c1. The van der Waals surface area contributed by atoms with Crippen molar-refractivity contribution >= 4 is 22.5 Å². The molecule has 1 N–H and O–H groups in total. The van der Waals surface area contributed by atoms with Crippen LogP contribution in [0.1, 0.15) is 12.0 Å². The van der Waals surface area contributed by atoms with Gasteiger partial charge in [-0.1, -0.05) is 6.07 Å². The van der Waals surface area contributed by atoms with E-state index in [1.54, 1.807) is 0 Å². The van der Waals surface area contributed by atoms with Gasteiger partial charge in [-0.25, -0.2) is 0 Å². The lowest BCUT2D eigenvalue weighted by Gasteiger charge is -2.02. The highest BCUT2D eigenvalue weighted by atomic mass is 32.2. The number of carboxylic acid groups (broad SMARTS) is 1.